The minimum absolute atomic E-state index is 0.255. The predicted octanol–water partition coefficient (Wildman–Crippen LogP) is 7.15. The third-order valence-corrected chi connectivity index (χ3v) is 5.40. The first kappa shape index (κ1) is 26.2. The van der Waals surface area contributed by atoms with Crippen molar-refractivity contribution >= 4 is 11.8 Å². The Morgan fingerprint density at radius 1 is 0.800 bits per heavy atom. The van der Waals surface area contributed by atoms with Gasteiger partial charge >= 0.3 is 5.97 Å². The molecule has 0 N–H and O–H groups in total. The van der Waals surface area contributed by atoms with Crippen LogP contribution in [0.15, 0.2) is 24.3 Å². The normalized spacial score (nSPS) is 10.9. The third-order valence-electron chi connectivity index (χ3n) is 5.40. The van der Waals surface area contributed by atoms with Crippen molar-refractivity contribution in [3.05, 3.63) is 29.8 Å². The number of unbranched alkanes of at least 4 members (excludes halogenated alkanes) is 10. The van der Waals surface area contributed by atoms with Gasteiger partial charge in [0.25, 0.3) is 0 Å². The second-order valence-corrected chi connectivity index (χ2v) is 8.59. The highest BCUT2D eigenvalue weighted by Crippen LogP contribution is 2.20. The van der Waals surface area contributed by atoms with Gasteiger partial charge in [0.15, 0.2) is 5.78 Å². The number of hydrogen-bond acceptors (Lipinski definition) is 4. The van der Waals surface area contributed by atoms with Crippen LogP contribution in [0.3, 0.4) is 0 Å². The highest BCUT2D eigenvalue weighted by Gasteiger charge is 2.16. The van der Waals surface area contributed by atoms with Crippen molar-refractivity contribution in [2.45, 2.75) is 97.3 Å². The summed E-state index contributed by atoms with van der Waals surface area (Å²) in [6, 6.07) is 7.11. The van der Waals surface area contributed by atoms with E-state index in [1.54, 1.807) is 18.2 Å². The Balaban J connectivity index is 2.04. The molecule has 0 aliphatic heterocycles. The van der Waals surface area contributed by atoms with Crippen LogP contribution in [0.25, 0.3) is 0 Å². The van der Waals surface area contributed by atoms with Gasteiger partial charge in [-0.15, -0.1) is 0 Å². The Morgan fingerprint density at radius 3 is 1.90 bits per heavy atom. The van der Waals surface area contributed by atoms with Crippen LogP contribution in [0.2, 0.25) is 0 Å². The Labute approximate surface area is 183 Å². The lowest BCUT2D eigenvalue weighted by Crippen LogP contribution is -2.11. The number of Topliss-reactive ketones (excluding diaryl/α,β-unsaturated/α-hetero) is 1. The zero-order valence-electron chi connectivity index (χ0n) is 19.4. The van der Waals surface area contributed by atoms with E-state index in [-0.39, 0.29) is 12.2 Å². The molecule has 0 saturated heterocycles. The van der Waals surface area contributed by atoms with Crippen molar-refractivity contribution < 1.29 is 19.1 Å². The van der Waals surface area contributed by atoms with Gasteiger partial charge in [-0.2, -0.15) is 0 Å². The largest absolute Gasteiger partial charge is 0.493 e. The molecular weight excluding hydrogens is 376 g/mol. The van der Waals surface area contributed by atoms with Crippen molar-refractivity contribution in [1.29, 1.82) is 0 Å². The molecule has 1 aromatic rings. The molecule has 0 unspecified atom stereocenters. The van der Waals surface area contributed by atoms with Gasteiger partial charge in [-0.25, -0.2) is 0 Å². The summed E-state index contributed by atoms with van der Waals surface area (Å²) < 4.78 is 10.4. The van der Waals surface area contributed by atoms with Crippen LogP contribution in [-0.2, 0) is 9.53 Å². The zero-order valence-corrected chi connectivity index (χ0v) is 19.4. The van der Waals surface area contributed by atoms with E-state index in [0.29, 0.717) is 17.9 Å². The summed E-state index contributed by atoms with van der Waals surface area (Å²) >= 11 is 0. The van der Waals surface area contributed by atoms with E-state index in [1.807, 2.05) is 6.07 Å². The molecule has 0 bridgehead atoms. The number of para-hydroxylation sites is 1. The predicted molar refractivity (Wildman–Crippen MR) is 123 cm³/mol. The molecule has 30 heavy (non-hydrogen) atoms. The molecule has 0 aromatic heterocycles. The number of carbonyl (C=O) groups excluding carboxylic acids is 2. The van der Waals surface area contributed by atoms with Crippen molar-refractivity contribution in [2.75, 3.05) is 13.7 Å². The summed E-state index contributed by atoms with van der Waals surface area (Å²) in [7, 11) is 1.28. The molecule has 0 heterocycles. The number of esters is 1. The smallest absolute Gasteiger partial charge is 0.313 e. The zero-order chi connectivity index (χ0) is 22.0. The van der Waals surface area contributed by atoms with Gasteiger partial charge in [-0.3, -0.25) is 9.59 Å². The Kier molecular flexibility index (Phi) is 14.8. The van der Waals surface area contributed by atoms with Gasteiger partial charge in [0.05, 0.1) is 19.3 Å². The van der Waals surface area contributed by atoms with Gasteiger partial charge < -0.3 is 9.47 Å². The number of ketones is 1. The van der Waals surface area contributed by atoms with Gasteiger partial charge in [0.2, 0.25) is 0 Å². The highest BCUT2D eigenvalue weighted by atomic mass is 16.5. The maximum Gasteiger partial charge on any atom is 0.313 e. The molecule has 0 amide bonds. The number of methoxy groups -OCH3 is 1. The number of benzene rings is 1. The van der Waals surface area contributed by atoms with Crippen LogP contribution in [0.1, 0.15) is 108 Å². The Morgan fingerprint density at radius 2 is 1.33 bits per heavy atom. The van der Waals surface area contributed by atoms with E-state index < -0.39 is 5.97 Å². The molecule has 0 atom stereocenters. The average molecular weight is 419 g/mol. The van der Waals surface area contributed by atoms with Crippen molar-refractivity contribution in [1.82, 2.24) is 0 Å². The molecule has 170 valence electrons. The third kappa shape index (κ3) is 12.7. The fourth-order valence-corrected chi connectivity index (χ4v) is 3.55. The van der Waals surface area contributed by atoms with Crippen LogP contribution in [0.5, 0.6) is 5.75 Å². The molecule has 0 saturated carbocycles. The molecule has 0 spiro atoms. The molecule has 0 radical (unpaired) electrons. The summed E-state index contributed by atoms with van der Waals surface area (Å²) in [5, 5.41) is 0. The molecule has 4 nitrogen and oxygen atoms in total. The van der Waals surface area contributed by atoms with Gasteiger partial charge in [0, 0.05) is 0 Å². The second-order valence-electron chi connectivity index (χ2n) is 8.59. The van der Waals surface area contributed by atoms with Crippen LogP contribution >= 0.6 is 0 Å². The van der Waals surface area contributed by atoms with E-state index in [1.165, 1.54) is 71.3 Å². The lowest BCUT2D eigenvalue weighted by Gasteiger charge is -2.10. The van der Waals surface area contributed by atoms with Crippen molar-refractivity contribution in [3.63, 3.8) is 0 Å². The summed E-state index contributed by atoms with van der Waals surface area (Å²) in [4.78, 5) is 23.5. The van der Waals surface area contributed by atoms with Crippen LogP contribution in [0.4, 0.5) is 0 Å². The van der Waals surface area contributed by atoms with E-state index >= 15 is 0 Å². The Bertz CT molecular complexity index is 594. The highest BCUT2D eigenvalue weighted by molar-refractivity contribution is 6.07. The number of ether oxygens (including phenoxy) is 2. The quantitative estimate of drug-likeness (QED) is 0.110. The lowest BCUT2D eigenvalue weighted by molar-refractivity contribution is -0.139. The number of hydrogen-bond donors (Lipinski definition) is 0. The van der Waals surface area contributed by atoms with Gasteiger partial charge in [-0.1, -0.05) is 96.6 Å². The van der Waals surface area contributed by atoms with Crippen molar-refractivity contribution in [2.24, 2.45) is 5.92 Å². The standard InChI is InChI=1S/C26H42O4/c1-22(2)17-13-11-9-7-5-4-6-8-10-12-16-20-30-25-19-15-14-18-23(25)24(27)21-26(28)29-3/h14-15,18-19,22H,4-13,16-17,20-21H2,1-3H3. The monoisotopic (exact) mass is 418 g/mol. The van der Waals surface area contributed by atoms with E-state index in [9.17, 15) is 9.59 Å². The number of rotatable bonds is 18. The minimum atomic E-state index is -0.527. The maximum absolute atomic E-state index is 12.2. The average Bonchev–Trinajstić information content (AvgIpc) is 2.73. The van der Waals surface area contributed by atoms with E-state index in [4.69, 9.17) is 4.74 Å². The summed E-state index contributed by atoms with van der Waals surface area (Å²) in [6.07, 6.45) is 15.4. The van der Waals surface area contributed by atoms with E-state index in [0.717, 1.165) is 18.8 Å². The topological polar surface area (TPSA) is 52.6 Å². The fraction of sp³-hybridized carbons (Fsp3) is 0.692. The molecule has 1 rings (SSSR count). The fourth-order valence-electron chi connectivity index (χ4n) is 3.55. The van der Waals surface area contributed by atoms with Gasteiger partial charge in [0.1, 0.15) is 12.2 Å². The second kappa shape index (κ2) is 16.9. The molecule has 0 fully saturated rings. The summed E-state index contributed by atoms with van der Waals surface area (Å²) in [5.41, 5.74) is 0.451. The van der Waals surface area contributed by atoms with Crippen LogP contribution in [-0.4, -0.2) is 25.5 Å². The maximum atomic E-state index is 12.2. The van der Waals surface area contributed by atoms with E-state index in [2.05, 4.69) is 18.6 Å². The first-order valence-corrected chi connectivity index (χ1v) is 11.9. The molecular formula is C26H42O4. The van der Waals surface area contributed by atoms with Crippen LogP contribution < -0.4 is 4.74 Å². The molecule has 4 heteroatoms. The summed E-state index contributed by atoms with van der Waals surface area (Å²) in [6.45, 7) is 5.21. The molecule has 1 aromatic carbocycles. The number of carbonyl (C=O) groups is 2. The first-order valence-electron chi connectivity index (χ1n) is 11.9. The van der Waals surface area contributed by atoms with Crippen molar-refractivity contribution in [3.8, 4) is 5.75 Å². The Hall–Kier alpha value is -1.84. The van der Waals surface area contributed by atoms with Gasteiger partial charge in [-0.05, 0) is 24.5 Å². The first-order chi connectivity index (χ1) is 14.5. The molecule has 0 aliphatic rings. The van der Waals surface area contributed by atoms with Crippen LogP contribution in [0, 0.1) is 5.92 Å². The SMILES string of the molecule is COC(=O)CC(=O)c1ccccc1OCCCCCCCCCCCCCC(C)C. The minimum Gasteiger partial charge on any atom is -0.493 e. The lowest BCUT2D eigenvalue weighted by atomic mass is 10.0. The summed E-state index contributed by atoms with van der Waals surface area (Å²) in [5.74, 6) is 0.609. The molecule has 0 aliphatic carbocycles.